The fourth-order valence-corrected chi connectivity index (χ4v) is 1.89. The Hall–Kier alpha value is -1.65. The van der Waals surface area contributed by atoms with Crippen LogP contribution in [0.15, 0.2) is 36.4 Å². The van der Waals surface area contributed by atoms with Gasteiger partial charge in [-0.15, -0.1) is 0 Å². The summed E-state index contributed by atoms with van der Waals surface area (Å²) in [5.74, 6) is -1.10. The lowest BCUT2D eigenvalue weighted by Crippen LogP contribution is -2.05. The number of para-hydroxylation sites is 1. The molecule has 0 heterocycles. The molecule has 0 amide bonds. The molecule has 0 bridgehead atoms. The average Bonchev–Trinajstić information content (AvgIpc) is 2.40. The van der Waals surface area contributed by atoms with Crippen LogP contribution >= 0.6 is 11.6 Å². The first-order valence-corrected chi connectivity index (χ1v) is 6.04. The van der Waals surface area contributed by atoms with Crippen molar-refractivity contribution < 1.29 is 13.5 Å². The van der Waals surface area contributed by atoms with E-state index >= 15 is 0 Å². The fourth-order valence-electron chi connectivity index (χ4n) is 1.67. The van der Waals surface area contributed by atoms with Gasteiger partial charge in [-0.05, 0) is 12.1 Å². The molecular weight excluding hydrogens is 272 g/mol. The second-order valence-electron chi connectivity index (χ2n) is 3.93. The zero-order chi connectivity index (χ0) is 13.8. The molecule has 0 spiro atoms. The van der Waals surface area contributed by atoms with Gasteiger partial charge in [0.15, 0.2) is 11.6 Å². The lowest BCUT2D eigenvalue weighted by molar-refractivity contribution is 0.284. The molecule has 2 nitrogen and oxygen atoms in total. The number of nitrogens with two attached hydrogens (primary N) is 1. The van der Waals surface area contributed by atoms with Crippen LogP contribution < -0.4 is 10.5 Å². The van der Waals surface area contributed by atoms with Crippen molar-refractivity contribution in [3.8, 4) is 5.75 Å². The predicted octanol–water partition coefficient (Wildman–Crippen LogP) is 3.66. The van der Waals surface area contributed by atoms with Gasteiger partial charge < -0.3 is 10.5 Å². The molecular formula is C14H12ClF2NO. The Morgan fingerprint density at radius 3 is 2.42 bits per heavy atom. The Bertz CT molecular complexity index is 569. The van der Waals surface area contributed by atoms with Gasteiger partial charge in [-0.25, -0.2) is 8.78 Å². The fraction of sp³-hybridized carbons (Fsp3) is 0.143. The molecule has 100 valence electrons. The smallest absolute Gasteiger partial charge is 0.174 e. The molecule has 2 rings (SSSR count). The van der Waals surface area contributed by atoms with E-state index in [4.69, 9.17) is 22.1 Å². The first-order chi connectivity index (χ1) is 9.13. The molecule has 0 fully saturated rings. The topological polar surface area (TPSA) is 35.2 Å². The summed E-state index contributed by atoms with van der Waals surface area (Å²) in [5.41, 5.74) is 6.11. The van der Waals surface area contributed by atoms with Crippen LogP contribution in [0, 0.1) is 11.6 Å². The van der Waals surface area contributed by atoms with E-state index in [1.54, 1.807) is 18.2 Å². The van der Waals surface area contributed by atoms with Crippen LogP contribution in [0.25, 0.3) is 0 Å². The van der Waals surface area contributed by atoms with Crippen LogP contribution in [0.2, 0.25) is 5.02 Å². The van der Waals surface area contributed by atoms with E-state index < -0.39 is 11.6 Å². The molecule has 0 aromatic heterocycles. The molecule has 2 aromatic carbocycles. The van der Waals surface area contributed by atoms with Crippen LogP contribution in [0.4, 0.5) is 8.78 Å². The van der Waals surface area contributed by atoms with E-state index in [1.807, 2.05) is 0 Å². The van der Waals surface area contributed by atoms with Crippen LogP contribution in [-0.4, -0.2) is 0 Å². The molecule has 0 saturated carbocycles. The van der Waals surface area contributed by atoms with E-state index in [-0.39, 0.29) is 23.9 Å². The van der Waals surface area contributed by atoms with Gasteiger partial charge in [0.1, 0.15) is 12.4 Å². The minimum atomic E-state index is -0.581. The van der Waals surface area contributed by atoms with Crippen molar-refractivity contribution in [1.29, 1.82) is 0 Å². The number of hydrogen-bond donors (Lipinski definition) is 1. The van der Waals surface area contributed by atoms with Crippen molar-refractivity contribution in [1.82, 2.24) is 0 Å². The first kappa shape index (κ1) is 13.8. The highest BCUT2D eigenvalue weighted by Crippen LogP contribution is 2.28. The van der Waals surface area contributed by atoms with Gasteiger partial charge >= 0.3 is 0 Å². The Balaban J connectivity index is 2.19. The molecule has 19 heavy (non-hydrogen) atoms. The molecule has 2 N–H and O–H groups in total. The third-order valence-corrected chi connectivity index (χ3v) is 2.97. The maximum atomic E-state index is 13.9. The molecule has 5 heteroatoms. The summed E-state index contributed by atoms with van der Waals surface area (Å²) in [6.07, 6.45) is 0. The van der Waals surface area contributed by atoms with Crippen molar-refractivity contribution in [2.75, 3.05) is 0 Å². The quantitative estimate of drug-likeness (QED) is 0.929. The Morgan fingerprint density at radius 2 is 1.74 bits per heavy atom. The van der Waals surface area contributed by atoms with Crippen LogP contribution in [0.1, 0.15) is 11.1 Å². The molecule has 0 aliphatic carbocycles. The number of benzene rings is 2. The maximum absolute atomic E-state index is 13.9. The zero-order valence-electron chi connectivity index (χ0n) is 10.00. The molecule has 0 atom stereocenters. The van der Waals surface area contributed by atoms with Gasteiger partial charge in [0.2, 0.25) is 0 Å². The maximum Gasteiger partial charge on any atom is 0.174 e. The molecule has 0 aliphatic rings. The third kappa shape index (κ3) is 3.03. The van der Waals surface area contributed by atoms with Gasteiger partial charge in [-0.3, -0.25) is 0 Å². The Kier molecular flexibility index (Phi) is 4.35. The Labute approximate surface area is 114 Å². The summed E-state index contributed by atoms with van der Waals surface area (Å²) in [4.78, 5) is 0. The number of ether oxygens (including phenoxy) is 1. The Morgan fingerprint density at radius 1 is 1.05 bits per heavy atom. The van der Waals surface area contributed by atoms with Crippen LogP contribution in [0.5, 0.6) is 5.75 Å². The van der Waals surface area contributed by atoms with E-state index in [9.17, 15) is 8.78 Å². The number of rotatable bonds is 4. The van der Waals surface area contributed by atoms with E-state index in [0.717, 1.165) is 0 Å². The average molecular weight is 284 g/mol. The summed E-state index contributed by atoms with van der Waals surface area (Å²) < 4.78 is 32.6. The SMILES string of the molecule is NCc1cccc(COc2c(F)cccc2Cl)c1F. The minimum absolute atomic E-state index is 0.0817. The lowest BCUT2D eigenvalue weighted by Gasteiger charge is -2.11. The summed E-state index contributed by atoms with van der Waals surface area (Å²) in [6, 6.07) is 9.03. The summed E-state index contributed by atoms with van der Waals surface area (Å²) in [5, 5.41) is 0.149. The zero-order valence-corrected chi connectivity index (χ0v) is 10.8. The molecule has 0 aliphatic heterocycles. The van der Waals surface area contributed by atoms with Crippen molar-refractivity contribution >= 4 is 11.6 Å². The second-order valence-corrected chi connectivity index (χ2v) is 4.34. The highest BCUT2D eigenvalue weighted by molar-refractivity contribution is 6.32. The summed E-state index contributed by atoms with van der Waals surface area (Å²) in [7, 11) is 0. The van der Waals surface area contributed by atoms with Gasteiger partial charge in [0, 0.05) is 17.7 Å². The molecule has 0 saturated heterocycles. The van der Waals surface area contributed by atoms with E-state index in [0.29, 0.717) is 11.1 Å². The largest absolute Gasteiger partial charge is 0.484 e. The van der Waals surface area contributed by atoms with Gasteiger partial charge in [0.25, 0.3) is 0 Å². The van der Waals surface area contributed by atoms with Crippen LogP contribution in [-0.2, 0) is 13.2 Å². The van der Waals surface area contributed by atoms with Gasteiger partial charge in [0.05, 0.1) is 5.02 Å². The molecule has 0 unspecified atom stereocenters. The van der Waals surface area contributed by atoms with E-state index in [1.165, 1.54) is 18.2 Å². The normalized spacial score (nSPS) is 10.5. The predicted molar refractivity (Wildman–Crippen MR) is 70.0 cm³/mol. The van der Waals surface area contributed by atoms with Crippen LogP contribution in [0.3, 0.4) is 0 Å². The minimum Gasteiger partial charge on any atom is -0.484 e. The second kappa shape index (κ2) is 5.99. The summed E-state index contributed by atoms with van der Waals surface area (Å²) in [6.45, 7) is -0.0134. The molecule has 0 radical (unpaired) electrons. The third-order valence-electron chi connectivity index (χ3n) is 2.67. The van der Waals surface area contributed by atoms with Crippen molar-refractivity contribution in [2.45, 2.75) is 13.2 Å². The lowest BCUT2D eigenvalue weighted by atomic mass is 10.1. The summed E-state index contributed by atoms with van der Waals surface area (Å²) >= 11 is 5.82. The first-order valence-electron chi connectivity index (χ1n) is 5.66. The number of hydrogen-bond acceptors (Lipinski definition) is 2. The van der Waals surface area contributed by atoms with Gasteiger partial charge in [-0.1, -0.05) is 35.9 Å². The highest BCUT2D eigenvalue weighted by atomic mass is 35.5. The van der Waals surface area contributed by atoms with Crippen molar-refractivity contribution in [3.63, 3.8) is 0 Å². The standard InChI is InChI=1S/C14H12ClF2NO/c15-11-5-2-6-12(16)14(11)19-8-10-4-1-3-9(7-18)13(10)17/h1-6H,7-8,18H2. The van der Waals surface area contributed by atoms with Gasteiger partial charge in [-0.2, -0.15) is 0 Å². The highest BCUT2D eigenvalue weighted by Gasteiger charge is 2.11. The monoisotopic (exact) mass is 283 g/mol. The van der Waals surface area contributed by atoms with Crippen molar-refractivity contribution in [3.05, 3.63) is 64.2 Å². The van der Waals surface area contributed by atoms with Crippen molar-refractivity contribution in [2.24, 2.45) is 5.73 Å². The molecule has 2 aromatic rings. The van der Waals surface area contributed by atoms with E-state index in [2.05, 4.69) is 0 Å². The number of halogens is 3.